The van der Waals surface area contributed by atoms with Crippen LogP contribution in [0.1, 0.15) is 22.8 Å². The summed E-state index contributed by atoms with van der Waals surface area (Å²) in [5.74, 6) is -0.369. The molecule has 5 heteroatoms. The highest BCUT2D eigenvalue weighted by Crippen LogP contribution is 2.08. The molecule has 0 saturated carbocycles. The van der Waals surface area contributed by atoms with Crippen molar-refractivity contribution in [2.24, 2.45) is 0 Å². The number of hydrogen-bond acceptors (Lipinski definition) is 4. The van der Waals surface area contributed by atoms with E-state index in [9.17, 15) is 9.59 Å². The Bertz CT molecular complexity index is 465. The summed E-state index contributed by atoms with van der Waals surface area (Å²) in [6.45, 7) is 1.76. The lowest BCUT2D eigenvalue weighted by molar-refractivity contribution is 0.0600. The molecule has 0 aliphatic rings. The number of carbonyl (C=O) groups excluding carboxylic acids is 2. The first kappa shape index (κ1) is 14.8. The Balaban J connectivity index is 2.62. The van der Waals surface area contributed by atoms with Gasteiger partial charge in [-0.2, -0.15) is 0 Å². The van der Waals surface area contributed by atoms with Crippen LogP contribution in [0.4, 0.5) is 4.79 Å². The highest BCUT2D eigenvalue weighted by atomic mass is 16.6. The fourth-order valence-electron chi connectivity index (χ4n) is 1.36. The lowest BCUT2D eigenvalue weighted by atomic mass is 10.1. The van der Waals surface area contributed by atoms with E-state index in [0.717, 1.165) is 5.56 Å². The summed E-state index contributed by atoms with van der Waals surface area (Å²) in [5, 5.41) is 2.37. The number of hydrogen-bond donors (Lipinski definition) is 1. The molecule has 5 nitrogen and oxygen atoms in total. The SMILES string of the molecule is CNC(=O)OC(C)/C=C/c1ccc(C(=O)OC)cc1. The number of ether oxygens (including phenoxy) is 2. The van der Waals surface area contributed by atoms with Gasteiger partial charge in [0.1, 0.15) is 6.10 Å². The summed E-state index contributed by atoms with van der Waals surface area (Å²) in [7, 11) is 2.85. The van der Waals surface area contributed by atoms with Crippen LogP contribution in [0.5, 0.6) is 0 Å². The zero-order valence-electron chi connectivity index (χ0n) is 11.2. The van der Waals surface area contributed by atoms with Gasteiger partial charge in [-0.3, -0.25) is 0 Å². The molecule has 0 aromatic heterocycles. The molecule has 1 N–H and O–H groups in total. The highest BCUT2D eigenvalue weighted by Gasteiger charge is 2.04. The topological polar surface area (TPSA) is 64.6 Å². The number of rotatable bonds is 4. The van der Waals surface area contributed by atoms with Gasteiger partial charge in [-0.25, -0.2) is 9.59 Å². The van der Waals surface area contributed by atoms with Crippen LogP contribution in [0, 0.1) is 0 Å². The summed E-state index contributed by atoms with van der Waals surface area (Å²) in [4.78, 5) is 22.2. The van der Waals surface area contributed by atoms with Gasteiger partial charge in [-0.1, -0.05) is 18.2 Å². The number of esters is 1. The van der Waals surface area contributed by atoms with Gasteiger partial charge >= 0.3 is 12.1 Å². The Labute approximate surface area is 112 Å². The van der Waals surface area contributed by atoms with Gasteiger partial charge in [0, 0.05) is 7.05 Å². The number of methoxy groups -OCH3 is 1. The molecule has 1 unspecified atom stereocenters. The van der Waals surface area contributed by atoms with Gasteiger partial charge in [0.15, 0.2) is 0 Å². The lowest BCUT2D eigenvalue weighted by Gasteiger charge is -2.07. The predicted octanol–water partition coefficient (Wildman–Crippen LogP) is 2.23. The van der Waals surface area contributed by atoms with E-state index in [1.165, 1.54) is 14.2 Å². The molecule has 0 bridgehead atoms. The summed E-state index contributed by atoms with van der Waals surface area (Å²) >= 11 is 0. The van der Waals surface area contributed by atoms with Crippen molar-refractivity contribution < 1.29 is 19.1 Å². The zero-order valence-corrected chi connectivity index (χ0v) is 11.2. The third-order valence-electron chi connectivity index (χ3n) is 2.39. The maximum atomic E-state index is 11.2. The van der Waals surface area contributed by atoms with Crippen LogP contribution in [0.2, 0.25) is 0 Å². The standard InChI is InChI=1S/C14H17NO4/c1-10(19-14(17)15-2)4-5-11-6-8-12(9-7-11)13(16)18-3/h4-10H,1-3H3,(H,15,17)/b5-4+. The molecule has 0 spiro atoms. The largest absolute Gasteiger partial charge is 0.465 e. The second-order valence-corrected chi connectivity index (χ2v) is 3.83. The van der Waals surface area contributed by atoms with Crippen molar-refractivity contribution in [3.05, 3.63) is 41.5 Å². The minimum Gasteiger partial charge on any atom is -0.465 e. The van der Waals surface area contributed by atoms with E-state index in [1.807, 2.05) is 6.08 Å². The quantitative estimate of drug-likeness (QED) is 0.846. The van der Waals surface area contributed by atoms with E-state index in [2.05, 4.69) is 10.1 Å². The second kappa shape index (κ2) is 7.20. The normalized spacial score (nSPS) is 11.9. The van der Waals surface area contributed by atoms with E-state index in [-0.39, 0.29) is 12.1 Å². The third kappa shape index (κ3) is 4.83. The zero-order chi connectivity index (χ0) is 14.3. The van der Waals surface area contributed by atoms with Crippen molar-refractivity contribution in [3.63, 3.8) is 0 Å². The molecule has 0 radical (unpaired) electrons. The molecular formula is C14H17NO4. The van der Waals surface area contributed by atoms with E-state index >= 15 is 0 Å². The number of benzene rings is 1. The Hall–Kier alpha value is -2.30. The van der Waals surface area contributed by atoms with Gasteiger partial charge in [0.2, 0.25) is 0 Å². The summed E-state index contributed by atoms with van der Waals surface area (Å²) in [6, 6.07) is 6.93. The van der Waals surface area contributed by atoms with Crippen LogP contribution < -0.4 is 5.32 Å². The molecule has 1 amide bonds. The van der Waals surface area contributed by atoms with E-state index in [4.69, 9.17) is 4.74 Å². The monoisotopic (exact) mass is 263 g/mol. The summed E-state index contributed by atoms with van der Waals surface area (Å²) < 4.78 is 9.60. The Kier molecular flexibility index (Phi) is 5.60. The number of carbonyl (C=O) groups is 2. The van der Waals surface area contributed by atoms with Crippen molar-refractivity contribution in [2.45, 2.75) is 13.0 Å². The summed E-state index contributed by atoms with van der Waals surface area (Å²) in [6.07, 6.45) is 2.76. The average molecular weight is 263 g/mol. The van der Waals surface area contributed by atoms with Gasteiger partial charge in [-0.05, 0) is 30.7 Å². The number of amides is 1. The maximum absolute atomic E-state index is 11.2. The molecule has 19 heavy (non-hydrogen) atoms. The van der Waals surface area contributed by atoms with Crippen LogP contribution in [-0.2, 0) is 9.47 Å². The predicted molar refractivity (Wildman–Crippen MR) is 71.8 cm³/mol. The van der Waals surface area contributed by atoms with Crippen molar-refractivity contribution in [2.75, 3.05) is 14.2 Å². The van der Waals surface area contributed by atoms with Crippen molar-refractivity contribution in [3.8, 4) is 0 Å². The van der Waals surface area contributed by atoms with Gasteiger partial charge in [-0.15, -0.1) is 0 Å². The van der Waals surface area contributed by atoms with Crippen LogP contribution >= 0.6 is 0 Å². The first-order valence-corrected chi connectivity index (χ1v) is 5.81. The minimum absolute atomic E-state index is 0.333. The van der Waals surface area contributed by atoms with Crippen molar-refractivity contribution in [1.29, 1.82) is 0 Å². The molecule has 0 aliphatic carbocycles. The van der Waals surface area contributed by atoms with Crippen molar-refractivity contribution in [1.82, 2.24) is 5.32 Å². The van der Waals surface area contributed by atoms with Crippen LogP contribution in [0.25, 0.3) is 6.08 Å². The minimum atomic E-state index is -0.474. The van der Waals surface area contributed by atoms with Crippen LogP contribution in [-0.4, -0.2) is 32.3 Å². The van der Waals surface area contributed by atoms with Gasteiger partial charge < -0.3 is 14.8 Å². The second-order valence-electron chi connectivity index (χ2n) is 3.83. The summed E-state index contributed by atoms with van der Waals surface area (Å²) in [5.41, 5.74) is 1.40. The first-order chi connectivity index (χ1) is 9.06. The molecule has 0 saturated heterocycles. The lowest BCUT2D eigenvalue weighted by Crippen LogP contribution is -2.23. The molecular weight excluding hydrogens is 246 g/mol. The molecule has 0 fully saturated rings. The molecule has 1 aromatic carbocycles. The van der Waals surface area contributed by atoms with Crippen LogP contribution in [0.3, 0.4) is 0 Å². The molecule has 1 atom stereocenters. The average Bonchev–Trinajstić information content (AvgIpc) is 2.44. The van der Waals surface area contributed by atoms with Gasteiger partial charge in [0.25, 0.3) is 0 Å². The number of nitrogens with one attached hydrogen (secondary N) is 1. The van der Waals surface area contributed by atoms with E-state index in [0.29, 0.717) is 5.56 Å². The molecule has 0 heterocycles. The Morgan fingerprint density at radius 2 is 1.89 bits per heavy atom. The fourth-order valence-corrected chi connectivity index (χ4v) is 1.36. The van der Waals surface area contributed by atoms with E-state index < -0.39 is 6.09 Å². The first-order valence-electron chi connectivity index (χ1n) is 5.81. The highest BCUT2D eigenvalue weighted by molar-refractivity contribution is 5.89. The number of alkyl carbamates (subject to hydrolysis) is 1. The smallest absolute Gasteiger partial charge is 0.407 e. The molecule has 1 aromatic rings. The van der Waals surface area contributed by atoms with Crippen molar-refractivity contribution >= 4 is 18.1 Å². The molecule has 1 rings (SSSR count). The van der Waals surface area contributed by atoms with Gasteiger partial charge in [0.05, 0.1) is 12.7 Å². The maximum Gasteiger partial charge on any atom is 0.407 e. The molecule has 0 aliphatic heterocycles. The molecule has 102 valence electrons. The fraction of sp³-hybridized carbons (Fsp3) is 0.286. The Morgan fingerprint density at radius 3 is 2.42 bits per heavy atom. The van der Waals surface area contributed by atoms with E-state index in [1.54, 1.807) is 37.3 Å². The van der Waals surface area contributed by atoms with Crippen LogP contribution in [0.15, 0.2) is 30.3 Å². The Morgan fingerprint density at radius 1 is 1.26 bits per heavy atom. The third-order valence-corrected chi connectivity index (χ3v) is 2.39.